The van der Waals surface area contributed by atoms with Crippen molar-refractivity contribution in [1.82, 2.24) is 20.5 Å². The Balaban J connectivity index is 2.87. The number of carbonyl (C=O) groups is 1. The van der Waals surface area contributed by atoms with Crippen LogP contribution in [0.5, 0.6) is 0 Å². The maximum Gasteiger partial charge on any atom is 0.234 e. The number of hydrogen-bond acceptors (Lipinski definition) is 5. The van der Waals surface area contributed by atoms with Crippen LogP contribution in [-0.2, 0) is 11.3 Å². The molecule has 1 aromatic heterocycles. The van der Waals surface area contributed by atoms with E-state index in [1.807, 2.05) is 13.8 Å². The van der Waals surface area contributed by atoms with Crippen LogP contribution in [0.4, 0.5) is 0 Å². The third-order valence-corrected chi connectivity index (χ3v) is 3.27. The van der Waals surface area contributed by atoms with Crippen LogP contribution in [0.2, 0.25) is 0 Å². The van der Waals surface area contributed by atoms with E-state index in [0.29, 0.717) is 18.7 Å². The minimum atomic E-state index is -0.974. The number of carbonyl (C=O) groups excluding carboxylic acids is 1. The average molecular weight is 282 g/mol. The molecule has 20 heavy (non-hydrogen) atoms. The van der Waals surface area contributed by atoms with Gasteiger partial charge in [-0.1, -0.05) is 31.8 Å². The number of nitrogens with two attached hydrogens (primary N) is 1. The predicted molar refractivity (Wildman–Crippen MR) is 73.9 cm³/mol. The predicted octanol–water partition coefficient (Wildman–Crippen LogP) is 0.754. The Morgan fingerprint density at radius 3 is 2.60 bits per heavy atom. The molecule has 0 aromatic carbocycles. The first-order valence-electron chi connectivity index (χ1n) is 6.71. The molecule has 5 N–H and O–H groups in total. The van der Waals surface area contributed by atoms with Crippen molar-refractivity contribution in [3.63, 3.8) is 0 Å². The van der Waals surface area contributed by atoms with E-state index in [1.165, 1.54) is 6.33 Å². The van der Waals surface area contributed by atoms with E-state index >= 15 is 0 Å². The van der Waals surface area contributed by atoms with Crippen molar-refractivity contribution >= 4 is 11.7 Å². The van der Waals surface area contributed by atoms with Crippen LogP contribution in [0, 0.1) is 5.41 Å². The van der Waals surface area contributed by atoms with Crippen molar-refractivity contribution in [3.05, 3.63) is 12.2 Å². The maximum absolute atomic E-state index is 12.5. The lowest BCUT2D eigenvalue weighted by atomic mass is 9.77. The zero-order chi connectivity index (χ0) is 15.0. The number of hydrogen-bond donors (Lipinski definition) is 4. The Morgan fingerprint density at radius 1 is 1.50 bits per heavy atom. The number of nitrogens with one attached hydrogen (secondary N) is 2. The molecule has 112 valence electrons. The smallest absolute Gasteiger partial charge is 0.234 e. The van der Waals surface area contributed by atoms with Crippen LogP contribution in [0.1, 0.15) is 45.4 Å². The minimum absolute atomic E-state index is 0.0451. The van der Waals surface area contributed by atoms with Gasteiger partial charge in [0.25, 0.3) is 0 Å². The van der Waals surface area contributed by atoms with Gasteiger partial charge in [0.15, 0.2) is 5.84 Å². The molecule has 0 atom stereocenters. The number of nitrogens with zero attached hydrogens (tertiary/aromatic N) is 3. The van der Waals surface area contributed by atoms with Gasteiger partial charge < -0.3 is 16.3 Å². The third-order valence-electron chi connectivity index (χ3n) is 3.27. The Kier molecular flexibility index (Phi) is 5.95. The second-order valence-corrected chi connectivity index (χ2v) is 4.68. The van der Waals surface area contributed by atoms with Crippen molar-refractivity contribution in [2.75, 3.05) is 0 Å². The van der Waals surface area contributed by atoms with E-state index in [0.717, 1.165) is 12.8 Å². The van der Waals surface area contributed by atoms with Gasteiger partial charge in [-0.15, -0.1) is 0 Å². The summed E-state index contributed by atoms with van der Waals surface area (Å²) < 4.78 is 0. The average Bonchev–Trinajstić information content (AvgIpc) is 2.96. The SMILES string of the molecule is CCCC(CCC)(C(=O)NCc1ncn[nH]1)C(N)=NO. The Hall–Kier alpha value is -2.12. The molecule has 0 aliphatic heterocycles. The number of amides is 1. The first-order valence-corrected chi connectivity index (χ1v) is 6.71. The van der Waals surface area contributed by atoms with Gasteiger partial charge in [-0.05, 0) is 12.8 Å². The van der Waals surface area contributed by atoms with Gasteiger partial charge in [0.1, 0.15) is 17.6 Å². The number of rotatable bonds is 8. The monoisotopic (exact) mass is 282 g/mol. The summed E-state index contributed by atoms with van der Waals surface area (Å²) in [6.07, 6.45) is 3.94. The fourth-order valence-electron chi connectivity index (χ4n) is 2.32. The molecule has 1 aromatic rings. The molecule has 0 aliphatic rings. The molecule has 8 heteroatoms. The van der Waals surface area contributed by atoms with Crippen molar-refractivity contribution in [3.8, 4) is 0 Å². The van der Waals surface area contributed by atoms with Gasteiger partial charge in [-0.2, -0.15) is 5.10 Å². The van der Waals surface area contributed by atoms with E-state index in [1.54, 1.807) is 0 Å². The summed E-state index contributed by atoms with van der Waals surface area (Å²) in [5.41, 5.74) is 4.80. The summed E-state index contributed by atoms with van der Waals surface area (Å²) in [4.78, 5) is 16.4. The first-order chi connectivity index (χ1) is 9.60. The second-order valence-electron chi connectivity index (χ2n) is 4.68. The highest BCUT2D eigenvalue weighted by molar-refractivity contribution is 6.06. The summed E-state index contributed by atoms with van der Waals surface area (Å²) in [5.74, 6) is 0.254. The highest BCUT2D eigenvalue weighted by Crippen LogP contribution is 2.30. The molecule has 0 unspecified atom stereocenters. The van der Waals surface area contributed by atoms with Crippen molar-refractivity contribution in [2.24, 2.45) is 16.3 Å². The number of aromatic nitrogens is 3. The molecule has 0 fully saturated rings. The summed E-state index contributed by atoms with van der Waals surface area (Å²) >= 11 is 0. The largest absolute Gasteiger partial charge is 0.409 e. The number of aromatic amines is 1. The molecule has 0 saturated heterocycles. The van der Waals surface area contributed by atoms with Gasteiger partial charge in [-0.3, -0.25) is 9.89 Å². The lowest BCUT2D eigenvalue weighted by molar-refractivity contribution is -0.128. The van der Waals surface area contributed by atoms with Gasteiger partial charge in [0, 0.05) is 0 Å². The van der Waals surface area contributed by atoms with Crippen LogP contribution >= 0.6 is 0 Å². The molecule has 1 amide bonds. The number of amidine groups is 1. The van der Waals surface area contributed by atoms with Crippen LogP contribution in [0.15, 0.2) is 11.5 Å². The van der Waals surface area contributed by atoms with Crippen LogP contribution in [0.25, 0.3) is 0 Å². The molecule has 0 radical (unpaired) electrons. The molecule has 0 spiro atoms. The standard InChI is InChI=1S/C12H22N6O2/c1-3-5-12(6-4-2,10(13)18-20)11(19)14-7-9-15-8-16-17-9/h8,20H,3-7H2,1-2H3,(H2,13,18)(H,14,19)(H,15,16,17). The van der Waals surface area contributed by atoms with Gasteiger partial charge in [-0.25, -0.2) is 4.98 Å². The summed E-state index contributed by atoms with van der Waals surface area (Å²) in [6.45, 7) is 4.14. The number of oxime groups is 1. The molecule has 1 rings (SSSR count). The molecular weight excluding hydrogens is 260 g/mol. The van der Waals surface area contributed by atoms with Crippen molar-refractivity contribution < 1.29 is 10.0 Å². The van der Waals surface area contributed by atoms with Gasteiger partial charge >= 0.3 is 0 Å². The quantitative estimate of drug-likeness (QED) is 0.242. The molecule has 1 heterocycles. The maximum atomic E-state index is 12.5. The molecule has 0 aliphatic carbocycles. The highest BCUT2D eigenvalue weighted by atomic mass is 16.4. The van der Waals surface area contributed by atoms with E-state index in [-0.39, 0.29) is 18.3 Å². The zero-order valence-corrected chi connectivity index (χ0v) is 11.9. The molecular formula is C12H22N6O2. The first kappa shape index (κ1) is 15.9. The van der Waals surface area contributed by atoms with Crippen LogP contribution in [-0.4, -0.2) is 32.1 Å². The summed E-state index contributed by atoms with van der Waals surface area (Å²) in [7, 11) is 0. The topological polar surface area (TPSA) is 129 Å². The summed E-state index contributed by atoms with van der Waals surface area (Å²) in [5, 5.41) is 21.2. The lowest BCUT2D eigenvalue weighted by Gasteiger charge is -2.30. The normalized spacial score (nSPS) is 12.4. The van der Waals surface area contributed by atoms with Crippen LogP contribution in [0.3, 0.4) is 0 Å². The lowest BCUT2D eigenvalue weighted by Crippen LogP contribution is -2.49. The van der Waals surface area contributed by atoms with Crippen molar-refractivity contribution in [2.45, 2.75) is 46.1 Å². The van der Waals surface area contributed by atoms with E-state index in [2.05, 4.69) is 25.7 Å². The zero-order valence-electron chi connectivity index (χ0n) is 11.9. The summed E-state index contributed by atoms with van der Waals surface area (Å²) in [6, 6.07) is 0. The molecule has 0 saturated carbocycles. The van der Waals surface area contributed by atoms with E-state index < -0.39 is 5.41 Å². The highest BCUT2D eigenvalue weighted by Gasteiger charge is 2.41. The Bertz CT molecular complexity index is 437. The van der Waals surface area contributed by atoms with Crippen LogP contribution < -0.4 is 11.1 Å². The number of H-pyrrole nitrogens is 1. The fourth-order valence-corrected chi connectivity index (χ4v) is 2.32. The Morgan fingerprint density at radius 2 is 2.15 bits per heavy atom. The minimum Gasteiger partial charge on any atom is -0.409 e. The molecule has 8 nitrogen and oxygen atoms in total. The van der Waals surface area contributed by atoms with Crippen molar-refractivity contribution in [1.29, 1.82) is 0 Å². The molecule has 0 bridgehead atoms. The van der Waals surface area contributed by atoms with E-state index in [4.69, 9.17) is 10.9 Å². The van der Waals surface area contributed by atoms with E-state index in [9.17, 15) is 4.79 Å². The van der Waals surface area contributed by atoms with Gasteiger partial charge in [0.05, 0.1) is 6.54 Å². The second kappa shape index (κ2) is 7.46. The Labute approximate surface area is 117 Å². The fraction of sp³-hybridized carbons (Fsp3) is 0.667. The third kappa shape index (κ3) is 3.46. The van der Waals surface area contributed by atoms with Gasteiger partial charge in [0.2, 0.25) is 5.91 Å².